The lowest BCUT2D eigenvalue weighted by Crippen LogP contribution is -2.42. The Balaban J connectivity index is 1.64. The van der Waals surface area contributed by atoms with E-state index in [0.717, 1.165) is 5.56 Å². The Morgan fingerprint density at radius 2 is 1.93 bits per heavy atom. The van der Waals surface area contributed by atoms with E-state index >= 15 is 0 Å². The molecule has 27 heavy (non-hydrogen) atoms. The average Bonchev–Trinajstić information content (AvgIpc) is 3.28. The second-order valence-corrected chi connectivity index (χ2v) is 8.81. The Hall–Kier alpha value is -2.21. The van der Waals surface area contributed by atoms with Gasteiger partial charge in [-0.3, -0.25) is 4.79 Å². The van der Waals surface area contributed by atoms with E-state index in [-0.39, 0.29) is 29.3 Å². The number of amides is 1. The third-order valence-electron chi connectivity index (χ3n) is 4.62. The maximum Gasteiger partial charge on any atom is 0.330 e. The number of hydrogen-bond donors (Lipinski definition) is 0. The van der Waals surface area contributed by atoms with Crippen molar-refractivity contribution in [3.05, 3.63) is 59.5 Å². The predicted molar refractivity (Wildman–Crippen MR) is 105 cm³/mol. The summed E-state index contributed by atoms with van der Waals surface area (Å²) in [6, 6.07) is 11.1. The molecule has 0 radical (unpaired) electrons. The number of benzene rings is 1. The molecule has 6 heteroatoms. The minimum absolute atomic E-state index is 0.0825. The Morgan fingerprint density at radius 3 is 2.48 bits per heavy atom. The molecule has 1 aromatic carbocycles. The summed E-state index contributed by atoms with van der Waals surface area (Å²) in [6.07, 6.45) is 1.57. The van der Waals surface area contributed by atoms with Crippen LogP contribution in [-0.4, -0.2) is 28.6 Å². The van der Waals surface area contributed by atoms with Gasteiger partial charge in [0.2, 0.25) is 5.91 Å². The molecule has 1 fully saturated rings. The van der Waals surface area contributed by atoms with Crippen LogP contribution in [0, 0.1) is 0 Å². The zero-order valence-electron chi connectivity index (χ0n) is 16.1. The van der Waals surface area contributed by atoms with Crippen LogP contribution in [0.5, 0.6) is 0 Å². The molecule has 0 spiro atoms. The van der Waals surface area contributed by atoms with Gasteiger partial charge < -0.3 is 14.1 Å². The molecular formula is C21H25NO4S. The summed E-state index contributed by atoms with van der Waals surface area (Å²) >= 11 is 1.51. The molecule has 3 rings (SSSR count). The van der Waals surface area contributed by atoms with Crippen molar-refractivity contribution in [3.63, 3.8) is 0 Å². The number of hydrogen-bond acceptors (Lipinski definition) is 5. The number of nitrogens with zero attached hydrogens (tertiary/aromatic N) is 1. The van der Waals surface area contributed by atoms with E-state index in [1.54, 1.807) is 17.2 Å². The van der Waals surface area contributed by atoms with Crippen LogP contribution in [0.1, 0.15) is 50.0 Å². The van der Waals surface area contributed by atoms with Gasteiger partial charge in [-0.1, -0.05) is 45.0 Å². The molecule has 0 unspecified atom stereocenters. The summed E-state index contributed by atoms with van der Waals surface area (Å²) in [7, 11) is 0. The second kappa shape index (κ2) is 7.80. The Bertz CT molecular complexity index is 793. The fourth-order valence-corrected chi connectivity index (χ4v) is 4.49. The second-order valence-electron chi connectivity index (χ2n) is 7.70. The highest BCUT2D eigenvalue weighted by Crippen LogP contribution is 2.41. The molecule has 5 nitrogen and oxygen atoms in total. The van der Waals surface area contributed by atoms with Crippen LogP contribution in [0.15, 0.2) is 47.1 Å². The number of thioether (sulfide) groups is 1. The van der Waals surface area contributed by atoms with E-state index in [9.17, 15) is 9.59 Å². The van der Waals surface area contributed by atoms with E-state index < -0.39 is 6.04 Å². The molecule has 1 aliphatic heterocycles. The highest BCUT2D eigenvalue weighted by molar-refractivity contribution is 7.99. The van der Waals surface area contributed by atoms with Gasteiger partial charge in [0, 0.05) is 12.7 Å². The third kappa shape index (κ3) is 4.38. The van der Waals surface area contributed by atoms with E-state index in [0.29, 0.717) is 11.5 Å². The van der Waals surface area contributed by atoms with Crippen LogP contribution >= 0.6 is 11.8 Å². The minimum atomic E-state index is -0.601. The molecule has 0 aliphatic carbocycles. The summed E-state index contributed by atoms with van der Waals surface area (Å²) in [5, 5.41) is -0.291. The van der Waals surface area contributed by atoms with Crippen LogP contribution in [0.25, 0.3) is 0 Å². The van der Waals surface area contributed by atoms with Crippen molar-refractivity contribution in [1.82, 2.24) is 4.90 Å². The zero-order valence-corrected chi connectivity index (χ0v) is 16.9. The van der Waals surface area contributed by atoms with E-state index in [1.165, 1.54) is 24.2 Å². The van der Waals surface area contributed by atoms with Gasteiger partial charge in [-0.2, -0.15) is 0 Å². The van der Waals surface area contributed by atoms with Gasteiger partial charge in [-0.05, 0) is 28.7 Å². The van der Waals surface area contributed by atoms with Crippen LogP contribution in [0.4, 0.5) is 0 Å². The van der Waals surface area contributed by atoms with Crippen molar-refractivity contribution in [2.75, 3.05) is 5.75 Å². The molecule has 0 bridgehead atoms. The maximum absolute atomic E-state index is 12.6. The first kappa shape index (κ1) is 19.5. The van der Waals surface area contributed by atoms with Crippen molar-refractivity contribution in [2.45, 2.75) is 51.1 Å². The molecule has 1 aromatic heterocycles. The summed E-state index contributed by atoms with van der Waals surface area (Å²) in [5.74, 6) is 0.611. The van der Waals surface area contributed by atoms with Crippen LogP contribution in [-0.2, 0) is 26.3 Å². The van der Waals surface area contributed by atoms with Gasteiger partial charge in [0.1, 0.15) is 23.8 Å². The van der Waals surface area contributed by atoms with Crippen LogP contribution in [0.2, 0.25) is 0 Å². The topological polar surface area (TPSA) is 59.8 Å². The van der Waals surface area contributed by atoms with Crippen molar-refractivity contribution in [1.29, 1.82) is 0 Å². The maximum atomic E-state index is 12.6. The Morgan fingerprint density at radius 1 is 1.22 bits per heavy atom. The van der Waals surface area contributed by atoms with Gasteiger partial charge in [-0.15, -0.1) is 11.8 Å². The molecular weight excluding hydrogens is 362 g/mol. The number of rotatable bonds is 4. The molecule has 0 N–H and O–H groups in total. The third-order valence-corrected chi connectivity index (χ3v) is 5.91. The Labute approximate surface area is 164 Å². The summed E-state index contributed by atoms with van der Waals surface area (Å²) in [4.78, 5) is 26.3. The number of ether oxygens (including phenoxy) is 1. The summed E-state index contributed by atoms with van der Waals surface area (Å²) < 4.78 is 10.9. The predicted octanol–water partition coefficient (Wildman–Crippen LogP) is 4.28. The standard InChI is InChI=1S/C21H25NO4S/c1-14(23)22-17(13-27-19(22)18-6-5-11-25-18)20(24)26-12-15-7-9-16(10-8-15)21(2,3)4/h5-11,17,19H,12-13H2,1-4H3/t17-,19-/m0/s1. The van der Waals surface area contributed by atoms with Gasteiger partial charge >= 0.3 is 5.97 Å². The van der Waals surface area contributed by atoms with Crippen molar-refractivity contribution < 1.29 is 18.7 Å². The molecule has 1 aliphatic rings. The lowest BCUT2D eigenvalue weighted by Gasteiger charge is -2.25. The van der Waals surface area contributed by atoms with Gasteiger partial charge in [-0.25, -0.2) is 4.79 Å². The largest absolute Gasteiger partial charge is 0.466 e. The zero-order chi connectivity index (χ0) is 19.6. The normalized spacial score (nSPS) is 19.9. The number of carbonyl (C=O) groups excluding carboxylic acids is 2. The summed E-state index contributed by atoms with van der Waals surface area (Å²) in [5.41, 5.74) is 2.24. The lowest BCUT2D eigenvalue weighted by atomic mass is 9.87. The number of carbonyl (C=O) groups is 2. The fraction of sp³-hybridized carbons (Fsp3) is 0.429. The number of furan rings is 1. The van der Waals surface area contributed by atoms with E-state index in [4.69, 9.17) is 9.15 Å². The molecule has 2 heterocycles. The lowest BCUT2D eigenvalue weighted by molar-refractivity contribution is -0.154. The fourth-order valence-electron chi connectivity index (χ4n) is 3.08. The first-order chi connectivity index (χ1) is 12.8. The van der Waals surface area contributed by atoms with Crippen molar-refractivity contribution in [2.24, 2.45) is 0 Å². The van der Waals surface area contributed by atoms with E-state index in [1.807, 2.05) is 18.2 Å². The highest BCUT2D eigenvalue weighted by Gasteiger charge is 2.43. The van der Waals surface area contributed by atoms with Gasteiger partial charge in [0.05, 0.1) is 6.26 Å². The molecule has 2 atom stereocenters. The monoisotopic (exact) mass is 387 g/mol. The highest BCUT2D eigenvalue weighted by atomic mass is 32.2. The molecule has 2 aromatic rings. The first-order valence-electron chi connectivity index (χ1n) is 8.97. The quantitative estimate of drug-likeness (QED) is 0.733. The van der Waals surface area contributed by atoms with Crippen molar-refractivity contribution >= 4 is 23.6 Å². The van der Waals surface area contributed by atoms with Crippen molar-refractivity contribution in [3.8, 4) is 0 Å². The molecule has 1 amide bonds. The minimum Gasteiger partial charge on any atom is -0.466 e. The molecule has 144 valence electrons. The number of esters is 1. The smallest absolute Gasteiger partial charge is 0.330 e. The van der Waals surface area contributed by atoms with E-state index in [2.05, 4.69) is 32.9 Å². The molecule has 0 saturated carbocycles. The van der Waals surface area contributed by atoms with Crippen LogP contribution < -0.4 is 0 Å². The summed E-state index contributed by atoms with van der Waals surface area (Å²) in [6.45, 7) is 8.14. The molecule has 1 saturated heterocycles. The first-order valence-corrected chi connectivity index (χ1v) is 10.0. The van der Waals surface area contributed by atoms with Crippen LogP contribution in [0.3, 0.4) is 0 Å². The average molecular weight is 388 g/mol. The van der Waals surface area contributed by atoms with Gasteiger partial charge in [0.15, 0.2) is 0 Å². The Kier molecular flexibility index (Phi) is 5.65. The van der Waals surface area contributed by atoms with Gasteiger partial charge in [0.25, 0.3) is 0 Å². The SMILES string of the molecule is CC(=O)N1[C@H](C(=O)OCc2ccc(C(C)(C)C)cc2)CS[C@H]1c1ccco1.